The molecule has 2 atom stereocenters. The van der Waals surface area contributed by atoms with Crippen LogP contribution in [-0.2, 0) is 9.09 Å². The first-order valence-electron chi connectivity index (χ1n) is 4.70. The van der Waals surface area contributed by atoms with Gasteiger partial charge in [-0.2, -0.15) is 0 Å². The fourth-order valence-electron chi connectivity index (χ4n) is 1.31. The molecule has 0 saturated carbocycles. The molecule has 1 rings (SSSR count). The van der Waals surface area contributed by atoms with E-state index < -0.39 is 13.9 Å². The Morgan fingerprint density at radius 3 is 2.53 bits per heavy atom. The third-order valence-corrected chi connectivity index (χ3v) is 4.67. The van der Waals surface area contributed by atoms with Gasteiger partial charge in [-0.25, -0.2) is 9.76 Å². The van der Waals surface area contributed by atoms with Gasteiger partial charge >= 0.3 is 7.67 Å². The summed E-state index contributed by atoms with van der Waals surface area (Å²) >= 11 is 11.2. The van der Waals surface area contributed by atoms with Gasteiger partial charge in [0.2, 0.25) is 0 Å². The van der Waals surface area contributed by atoms with Crippen LogP contribution in [-0.4, -0.2) is 47.5 Å². The number of aliphatic hydroxyl groups excluding tert-OH is 1. The highest BCUT2D eigenvalue weighted by molar-refractivity contribution is 7.54. The normalized spacial score (nSPS) is 32.1. The van der Waals surface area contributed by atoms with Crippen LogP contribution in [0.3, 0.4) is 0 Å². The summed E-state index contributed by atoms with van der Waals surface area (Å²) in [5, 5.41) is 11.9. The molecule has 5 nitrogen and oxygen atoms in total. The third kappa shape index (κ3) is 3.86. The molecule has 8 heteroatoms. The van der Waals surface area contributed by atoms with Crippen LogP contribution in [0, 0.1) is 0 Å². The number of rotatable bonds is 5. The number of nitrogens with one attached hydrogen (secondary N) is 1. The lowest BCUT2D eigenvalue weighted by Crippen LogP contribution is -2.41. The van der Waals surface area contributed by atoms with E-state index in [-0.39, 0.29) is 6.61 Å². The Balaban J connectivity index is 2.66. The Bertz CT molecular complexity index is 238. The Morgan fingerprint density at radius 1 is 1.47 bits per heavy atom. The maximum absolute atomic E-state index is 12.2. The van der Waals surface area contributed by atoms with E-state index in [0.29, 0.717) is 31.3 Å². The van der Waals surface area contributed by atoms with Crippen molar-refractivity contribution in [3.05, 3.63) is 0 Å². The smallest absolute Gasteiger partial charge is 0.345 e. The van der Waals surface area contributed by atoms with E-state index in [0.717, 1.165) is 0 Å². The largest absolute Gasteiger partial charge is 0.378 e. The second-order valence-electron chi connectivity index (χ2n) is 3.12. The topological polar surface area (TPSA) is 61.8 Å². The molecule has 2 N–H and O–H groups in total. The van der Waals surface area contributed by atoms with Gasteiger partial charge in [0.1, 0.15) is 6.23 Å². The van der Waals surface area contributed by atoms with Crippen molar-refractivity contribution in [3.8, 4) is 0 Å². The minimum atomic E-state index is -3.15. The van der Waals surface area contributed by atoms with Gasteiger partial charge in [-0.1, -0.05) is 0 Å². The summed E-state index contributed by atoms with van der Waals surface area (Å²) in [7, 11) is -3.15. The minimum Gasteiger partial charge on any atom is -0.378 e. The molecule has 0 aliphatic carbocycles. The van der Waals surface area contributed by atoms with Crippen LogP contribution in [0.15, 0.2) is 0 Å². The van der Waals surface area contributed by atoms with Gasteiger partial charge in [0.15, 0.2) is 0 Å². The Labute approximate surface area is 99.2 Å². The van der Waals surface area contributed by atoms with E-state index in [1.54, 1.807) is 4.67 Å². The van der Waals surface area contributed by atoms with Crippen molar-refractivity contribution >= 4 is 30.9 Å². The van der Waals surface area contributed by atoms with Crippen molar-refractivity contribution in [2.24, 2.45) is 0 Å². The highest BCUT2D eigenvalue weighted by atomic mass is 35.5. The number of alkyl halides is 2. The highest BCUT2D eigenvalue weighted by Crippen LogP contribution is 2.49. The average molecular weight is 277 g/mol. The van der Waals surface area contributed by atoms with E-state index in [9.17, 15) is 9.67 Å². The molecule has 1 aliphatic heterocycles. The van der Waals surface area contributed by atoms with Crippen molar-refractivity contribution < 1.29 is 14.2 Å². The SMILES string of the molecule is O=[P@@]1(N(CCCl)CCCl)N[C@@H](O)CCO1. The van der Waals surface area contributed by atoms with Crippen LogP contribution in [0.2, 0.25) is 0 Å². The maximum atomic E-state index is 12.2. The van der Waals surface area contributed by atoms with Crippen LogP contribution < -0.4 is 5.09 Å². The summed E-state index contributed by atoms with van der Waals surface area (Å²) in [5.74, 6) is 0.671. The molecule has 0 aromatic heterocycles. The van der Waals surface area contributed by atoms with Crippen LogP contribution in [0.1, 0.15) is 6.42 Å². The molecule has 15 heavy (non-hydrogen) atoms. The summed E-state index contributed by atoms with van der Waals surface area (Å²) in [6.07, 6.45) is -0.364. The molecule has 0 spiro atoms. The van der Waals surface area contributed by atoms with Crippen LogP contribution in [0.4, 0.5) is 0 Å². The number of aliphatic hydroxyl groups is 1. The summed E-state index contributed by atoms with van der Waals surface area (Å²) in [5.41, 5.74) is 0. The van der Waals surface area contributed by atoms with E-state index in [2.05, 4.69) is 5.09 Å². The standard InChI is InChI=1S/C7H15Cl2N2O3P/c8-2-4-11(5-3-9)15(13)10-7(12)1-6-14-15/h7,12H,1-6H2,(H,10,13)/t7-,15-/m0/s1. The van der Waals surface area contributed by atoms with Gasteiger partial charge in [0, 0.05) is 31.3 Å². The van der Waals surface area contributed by atoms with E-state index >= 15 is 0 Å². The Hall–Kier alpha value is 0.650. The second kappa shape index (κ2) is 6.40. The molecular formula is C7H15Cl2N2O3P. The molecule has 0 bridgehead atoms. The lowest BCUT2D eigenvalue weighted by Gasteiger charge is -2.35. The van der Waals surface area contributed by atoms with Gasteiger partial charge in [-0.05, 0) is 0 Å². The van der Waals surface area contributed by atoms with Crippen LogP contribution in [0.5, 0.6) is 0 Å². The Kier molecular flexibility index (Phi) is 5.85. The molecule has 1 heterocycles. The zero-order valence-corrected chi connectivity index (χ0v) is 10.6. The van der Waals surface area contributed by atoms with E-state index in [4.69, 9.17) is 27.7 Å². The summed E-state index contributed by atoms with van der Waals surface area (Å²) in [6, 6.07) is 0. The number of hydrogen-bond acceptors (Lipinski definition) is 3. The lowest BCUT2D eigenvalue weighted by atomic mass is 10.4. The fraction of sp³-hybridized carbons (Fsp3) is 1.00. The zero-order valence-electron chi connectivity index (χ0n) is 8.23. The monoisotopic (exact) mass is 276 g/mol. The van der Waals surface area contributed by atoms with Gasteiger partial charge in [-0.3, -0.25) is 4.57 Å². The van der Waals surface area contributed by atoms with E-state index in [1.807, 2.05) is 0 Å². The number of hydrogen-bond donors (Lipinski definition) is 2. The summed E-state index contributed by atoms with van der Waals surface area (Å²) in [4.78, 5) is 0. The average Bonchev–Trinajstić information content (AvgIpc) is 2.17. The molecule has 0 aromatic rings. The molecule has 1 aliphatic rings. The number of nitrogens with zero attached hydrogens (tertiary/aromatic N) is 1. The van der Waals surface area contributed by atoms with Crippen molar-refractivity contribution in [1.29, 1.82) is 0 Å². The predicted molar refractivity (Wildman–Crippen MR) is 60.3 cm³/mol. The third-order valence-electron chi connectivity index (χ3n) is 2.03. The van der Waals surface area contributed by atoms with Crippen molar-refractivity contribution in [1.82, 2.24) is 9.76 Å². The second-order valence-corrected chi connectivity index (χ2v) is 6.00. The predicted octanol–water partition coefficient (Wildman–Crippen LogP) is 1.20. The zero-order chi connectivity index (χ0) is 11.3. The van der Waals surface area contributed by atoms with Crippen LogP contribution >= 0.6 is 30.9 Å². The van der Waals surface area contributed by atoms with E-state index in [1.165, 1.54) is 0 Å². The molecule has 1 fully saturated rings. The summed E-state index contributed by atoms with van der Waals surface area (Å²) < 4.78 is 19.0. The molecule has 0 amide bonds. The quantitative estimate of drug-likeness (QED) is 0.584. The maximum Gasteiger partial charge on any atom is 0.345 e. The van der Waals surface area contributed by atoms with Crippen molar-refractivity contribution in [3.63, 3.8) is 0 Å². The highest BCUT2D eigenvalue weighted by Gasteiger charge is 2.36. The fourth-order valence-corrected chi connectivity index (χ4v) is 3.94. The van der Waals surface area contributed by atoms with Gasteiger partial charge in [0.25, 0.3) is 0 Å². The van der Waals surface area contributed by atoms with Gasteiger partial charge in [-0.15, -0.1) is 23.2 Å². The Morgan fingerprint density at radius 2 is 2.07 bits per heavy atom. The first kappa shape index (κ1) is 13.7. The minimum absolute atomic E-state index is 0.270. The molecule has 0 radical (unpaired) electrons. The van der Waals surface area contributed by atoms with Gasteiger partial charge in [0.05, 0.1) is 6.61 Å². The lowest BCUT2D eigenvalue weighted by molar-refractivity contribution is 0.0885. The first-order valence-corrected chi connectivity index (χ1v) is 7.35. The summed E-state index contributed by atoms with van der Waals surface area (Å²) in [6.45, 7) is 1.09. The van der Waals surface area contributed by atoms with Crippen molar-refractivity contribution in [2.75, 3.05) is 31.5 Å². The first-order chi connectivity index (χ1) is 7.12. The van der Waals surface area contributed by atoms with Gasteiger partial charge < -0.3 is 9.63 Å². The molecule has 0 aromatic carbocycles. The number of halogens is 2. The molecule has 1 saturated heterocycles. The molecular weight excluding hydrogens is 262 g/mol. The van der Waals surface area contributed by atoms with Crippen LogP contribution in [0.25, 0.3) is 0 Å². The molecule has 0 unspecified atom stereocenters. The van der Waals surface area contributed by atoms with Crippen molar-refractivity contribution in [2.45, 2.75) is 12.6 Å². The molecule has 90 valence electrons.